The van der Waals surface area contributed by atoms with Crippen LogP contribution in [-0.2, 0) is 4.79 Å². The molecule has 0 radical (unpaired) electrons. The van der Waals surface area contributed by atoms with Gasteiger partial charge in [0.25, 0.3) is 0 Å². The molecule has 17 heavy (non-hydrogen) atoms. The number of rotatable bonds is 2. The van der Waals surface area contributed by atoms with E-state index >= 15 is 0 Å². The molecule has 1 saturated carbocycles. The fourth-order valence-corrected chi connectivity index (χ4v) is 3.11. The van der Waals surface area contributed by atoms with Crippen molar-refractivity contribution >= 4 is 5.91 Å². The molecule has 3 heteroatoms. The maximum Gasteiger partial charge on any atom is 0.223 e. The van der Waals surface area contributed by atoms with Crippen LogP contribution in [0.2, 0.25) is 0 Å². The predicted octanol–water partition coefficient (Wildman–Crippen LogP) is 2.02. The average molecular weight is 238 g/mol. The van der Waals surface area contributed by atoms with Crippen LogP contribution >= 0.6 is 0 Å². The van der Waals surface area contributed by atoms with E-state index in [-0.39, 0.29) is 0 Å². The Labute approximate surface area is 105 Å². The minimum atomic E-state index is 0.374. The van der Waals surface area contributed by atoms with Crippen LogP contribution in [0.3, 0.4) is 0 Å². The summed E-state index contributed by atoms with van der Waals surface area (Å²) in [5, 5.41) is 3.33. The lowest BCUT2D eigenvalue weighted by molar-refractivity contribution is -0.135. The SMILES string of the molecule is CC1CCC(CC(=O)N2CCNC[C@H]2C)CC1. The Hall–Kier alpha value is -0.570. The van der Waals surface area contributed by atoms with E-state index in [1.807, 2.05) is 0 Å². The summed E-state index contributed by atoms with van der Waals surface area (Å²) in [6.45, 7) is 7.28. The minimum absolute atomic E-state index is 0.374. The van der Waals surface area contributed by atoms with E-state index in [2.05, 4.69) is 24.1 Å². The summed E-state index contributed by atoms with van der Waals surface area (Å²) >= 11 is 0. The van der Waals surface area contributed by atoms with E-state index in [1.165, 1.54) is 25.7 Å². The van der Waals surface area contributed by atoms with Gasteiger partial charge in [-0.2, -0.15) is 0 Å². The zero-order valence-corrected chi connectivity index (χ0v) is 11.2. The molecule has 0 bridgehead atoms. The fourth-order valence-electron chi connectivity index (χ4n) is 3.11. The maximum absolute atomic E-state index is 12.3. The molecule has 1 aliphatic heterocycles. The van der Waals surface area contributed by atoms with Gasteiger partial charge in [-0.1, -0.05) is 19.8 Å². The predicted molar refractivity (Wildman–Crippen MR) is 69.8 cm³/mol. The summed E-state index contributed by atoms with van der Waals surface area (Å²) < 4.78 is 0. The smallest absolute Gasteiger partial charge is 0.223 e. The first-order valence-electron chi connectivity index (χ1n) is 7.17. The molecule has 1 amide bonds. The van der Waals surface area contributed by atoms with Crippen LogP contribution in [0.4, 0.5) is 0 Å². The molecule has 1 atom stereocenters. The molecule has 98 valence electrons. The molecule has 0 unspecified atom stereocenters. The van der Waals surface area contributed by atoms with Crippen LogP contribution in [0, 0.1) is 11.8 Å². The Morgan fingerprint density at radius 2 is 1.94 bits per heavy atom. The van der Waals surface area contributed by atoms with E-state index in [9.17, 15) is 4.79 Å². The molecule has 2 fully saturated rings. The van der Waals surface area contributed by atoms with Crippen molar-refractivity contribution in [2.45, 2.75) is 52.0 Å². The summed E-state index contributed by atoms with van der Waals surface area (Å²) in [5.41, 5.74) is 0. The van der Waals surface area contributed by atoms with Crippen LogP contribution in [0.25, 0.3) is 0 Å². The highest BCUT2D eigenvalue weighted by Gasteiger charge is 2.26. The molecule has 0 aromatic rings. The number of hydrogen-bond donors (Lipinski definition) is 1. The molecule has 2 aliphatic rings. The largest absolute Gasteiger partial charge is 0.337 e. The van der Waals surface area contributed by atoms with Crippen LogP contribution in [0.5, 0.6) is 0 Å². The zero-order valence-electron chi connectivity index (χ0n) is 11.2. The summed E-state index contributed by atoms with van der Waals surface area (Å²) in [7, 11) is 0. The molecule has 0 aromatic heterocycles. The van der Waals surface area contributed by atoms with Crippen molar-refractivity contribution in [2.24, 2.45) is 11.8 Å². The van der Waals surface area contributed by atoms with Crippen molar-refractivity contribution in [1.29, 1.82) is 0 Å². The Morgan fingerprint density at radius 3 is 2.59 bits per heavy atom. The normalized spacial score (nSPS) is 34.7. The van der Waals surface area contributed by atoms with E-state index < -0.39 is 0 Å². The van der Waals surface area contributed by atoms with Crippen molar-refractivity contribution < 1.29 is 4.79 Å². The third kappa shape index (κ3) is 3.44. The molecular formula is C14H26N2O. The van der Waals surface area contributed by atoms with Gasteiger partial charge in [0.15, 0.2) is 0 Å². The number of piperazine rings is 1. The van der Waals surface area contributed by atoms with E-state index in [0.717, 1.165) is 32.0 Å². The summed E-state index contributed by atoms with van der Waals surface area (Å²) in [6, 6.07) is 0.374. The van der Waals surface area contributed by atoms with Crippen LogP contribution in [-0.4, -0.2) is 36.5 Å². The second-order valence-electron chi connectivity index (χ2n) is 5.97. The van der Waals surface area contributed by atoms with Gasteiger partial charge in [-0.05, 0) is 31.6 Å². The first-order valence-corrected chi connectivity index (χ1v) is 7.17. The molecule has 2 rings (SSSR count). The maximum atomic E-state index is 12.3. The summed E-state index contributed by atoms with van der Waals surface area (Å²) in [4.78, 5) is 14.3. The monoisotopic (exact) mass is 238 g/mol. The molecule has 1 N–H and O–H groups in total. The van der Waals surface area contributed by atoms with E-state index in [1.54, 1.807) is 0 Å². The van der Waals surface area contributed by atoms with Gasteiger partial charge in [0.05, 0.1) is 0 Å². The van der Waals surface area contributed by atoms with Gasteiger partial charge in [-0.15, -0.1) is 0 Å². The van der Waals surface area contributed by atoms with Gasteiger partial charge in [0.2, 0.25) is 5.91 Å². The molecule has 1 saturated heterocycles. The number of nitrogens with zero attached hydrogens (tertiary/aromatic N) is 1. The Morgan fingerprint density at radius 1 is 1.24 bits per heavy atom. The number of carbonyl (C=O) groups is 1. The number of carbonyl (C=O) groups excluding carboxylic acids is 1. The fraction of sp³-hybridized carbons (Fsp3) is 0.929. The number of nitrogens with one attached hydrogen (secondary N) is 1. The highest BCUT2D eigenvalue weighted by molar-refractivity contribution is 5.77. The molecule has 1 heterocycles. The standard InChI is InChI=1S/C14H26N2O/c1-11-3-5-13(6-4-11)9-14(17)16-8-7-15-10-12(16)2/h11-13,15H,3-10H2,1-2H3/t11?,12-,13?/m1/s1. The lowest BCUT2D eigenvalue weighted by Gasteiger charge is -2.35. The molecule has 0 aromatic carbocycles. The highest BCUT2D eigenvalue weighted by Crippen LogP contribution is 2.30. The minimum Gasteiger partial charge on any atom is -0.337 e. The second kappa shape index (κ2) is 5.85. The molecular weight excluding hydrogens is 212 g/mol. The lowest BCUT2D eigenvalue weighted by atomic mass is 9.81. The first-order chi connectivity index (χ1) is 8.16. The topological polar surface area (TPSA) is 32.3 Å². The van der Waals surface area contributed by atoms with Crippen molar-refractivity contribution in [3.63, 3.8) is 0 Å². The highest BCUT2D eigenvalue weighted by atomic mass is 16.2. The van der Waals surface area contributed by atoms with Crippen molar-refractivity contribution in [3.8, 4) is 0 Å². The van der Waals surface area contributed by atoms with Crippen molar-refractivity contribution in [2.75, 3.05) is 19.6 Å². The average Bonchev–Trinajstić information content (AvgIpc) is 2.32. The third-order valence-electron chi connectivity index (χ3n) is 4.42. The zero-order chi connectivity index (χ0) is 12.3. The Bertz CT molecular complexity index is 259. The quantitative estimate of drug-likeness (QED) is 0.798. The van der Waals surface area contributed by atoms with Gasteiger partial charge in [0.1, 0.15) is 0 Å². The van der Waals surface area contributed by atoms with Crippen LogP contribution in [0.15, 0.2) is 0 Å². The van der Waals surface area contributed by atoms with Crippen LogP contribution < -0.4 is 5.32 Å². The van der Waals surface area contributed by atoms with E-state index in [4.69, 9.17) is 0 Å². The number of amides is 1. The van der Waals surface area contributed by atoms with Crippen LogP contribution in [0.1, 0.15) is 46.0 Å². The van der Waals surface area contributed by atoms with Gasteiger partial charge >= 0.3 is 0 Å². The molecule has 3 nitrogen and oxygen atoms in total. The first kappa shape index (κ1) is 12.9. The van der Waals surface area contributed by atoms with Gasteiger partial charge < -0.3 is 10.2 Å². The Kier molecular flexibility index (Phi) is 4.43. The molecule has 0 spiro atoms. The summed E-state index contributed by atoms with van der Waals surface area (Å²) in [6.07, 6.45) is 5.93. The van der Waals surface area contributed by atoms with Crippen molar-refractivity contribution in [3.05, 3.63) is 0 Å². The second-order valence-corrected chi connectivity index (χ2v) is 5.97. The third-order valence-corrected chi connectivity index (χ3v) is 4.42. The lowest BCUT2D eigenvalue weighted by Crippen LogP contribution is -2.52. The van der Waals surface area contributed by atoms with Crippen molar-refractivity contribution in [1.82, 2.24) is 10.2 Å². The van der Waals surface area contributed by atoms with Gasteiger partial charge in [-0.25, -0.2) is 0 Å². The van der Waals surface area contributed by atoms with Gasteiger partial charge in [0, 0.05) is 32.1 Å². The molecule has 1 aliphatic carbocycles. The number of hydrogen-bond acceptors (Lipinski definition) is 2. The Balaban J connectivity index is 1.79. The van der Waals surface area contributed by atoms with E-state index in [0.29, 0.717) is 17.9 Å². The van der Waals surface area contributed by atoms with Gasteiger partial charge in [-0.3, -0.25) is 4.79 Å². The summed E-state index contributed by atoms with van der Waals surface area (Å²) in [5.74, 6) is 1.92.